The molecule has 2 N–H and O–H groups in total. The molecule has 0 spiro atoms. The SMILES string of the molecule is CC(C)c1cc(Br)ccc1Oc1cccc(Cl)c1CN. The summed E-state index contributed by atoms with van der Waals surface area (Å²) in [7, 11) is 0. The third kappa shape index (κ3) is 3.35. The van der Waals surface area contributed by atoms with Crippen LogP contribution in [0.25, 0.3) is 0 Å². The van der Waals surface area contributed by atoms with Crippen LogP contribution in [0.3, 0.4) is 0 Å². The zero-order chi connectivity index (χ0) is 14.7. The Morgan fingerprint density at radius 3 is 2.60 bits per heavy atom. The third-order valence-electron chi connectivity index (χ3n) is 3.09. The number of rotatable bonds is 4. The highest BCUT2D eigenvalue weighted by molar-refractivity contribution is 9.10. The van der Waals surface area contributed by atoms with E-state index < -0.39 is 0 Å². The van der Waals surface area contributed by atoms with Crippen LogP contribution in [0.4, 0.5) is 0 Å². The van der Waals surface area contributed by atoms with Gasteiger partial charge in [-0.05, 0) is 41.8 Å². The molecule has 0 atom stereocenters. The maximum atomic E-state index is 6.16. The van der Waals surface area contributed by atoms with Crippen molar-refractivity contribution in [3.05, 3.63) is 57.0 Å². The van der Waals surface area contributed by atoms with Crippen molar-refractivity contribution in [1.82, 2.24) is 0 Å². The minimum Gasteiger partial charge on any atom is -0.457 e. The molecule has 2 aromatic rings. The molecule has 0 unspecified atom stereocenters. The molecule has 0 saturated heterocycles. The highest BCUT2D eigenvalue weighted by Gasteiger charge is 2.12. The Labute approximate surface area is 133 Å². The Bertz CT molecular complexity index is 613. The van der Waals surface area contributed by atoms with Crippen molar-refractivity contribution in [2.24, 2.45) is 5.73 Å². The summed E-state index contributed by atoms with van der Waals surface area (Å²) in [6, 6.07) is 11.6. The Balaban J connectivity index is 2.42. The molecule has 0 aliphatic carbocycles. The van der Waals surface area contributed by atoms with E-state index >= 15 is 0 Å². The van der Waals surface area contributed by atoms with Crippen molar-refractivity contribution < 1.29 is 4.74 Å². The number of halogens is 2. The van der Waals surface area contributed by atoms with E-state index in [-0.39, 0.29) is 0 Å². The summed E-state index contributed by atoms with van der Waals surface area (Å²) in [4.78, 5) is 0. The molecular formula is C16H17BrClNO. The first kappa shape index (κ1) is 15.4. The van der Waals surface area contributed by atoms with Crippen LogP contribution in [-0.4, -0.2) is 0 Å². The minimum absolute atomic E-state index is 0.350. The first-order valence-corrected chi connectivity index (χ1v) is 7.64. The molecule has 106 valence electrons. The predicted molar refractivity (Wildman–Crippen MR) is 87.6 cm³/mol. The molecule has 0 aliphatic rings. The van der Waals surface area contributed by atoms with Crippen LogP contribution in [-0.2, 0) is 6.54 Å². The highest BCUT2D eigenvalue weighted by Crippen LogP contribution is 2.35. The molecule has 0 bridgehead atoms. The highest BCUT2D eigenvalue weighted by atomic mass is 79.9. The molecule has 0 aromatic heterocycles. The minimum atomic E-state index is 0.350. The molecule has 0 heterocycles. The summed E-state index contributed by atoms with van der Waals surface area (Å²) >= 11 is 9.65. The molecule has 2 aromatic carbocycles. The number of hydrogen-bond donors (Lipinski definition) is 1. The lowest BCUT2D eigenvalue weighted by Crippen LogP contribution is -2.01. The van der Waals surface area contributed by atoms with Gasteiger partial charge in [-0.3, -0.25) is 0 Å². The summed E-state index contributed by atoms with van der Waals surface area (Å²) in [6.45, 7) is 4.62. The van der Waals surface area contributed by atoms with Crippen LogP contribution in [0.5, 0.6) is 11.5 Å². The van der Waals surface area contributed by atoms with E-state index in [9.17, 15) is 0 Å². The van der Waals surface area contributed by atoms with Crippen molar-refractivity contribution in [1.29, 1.82) is 0 Å². The normalized spacial score (nSPS) is 10.9. The van der Waals surface area contributed by atoms with Crippen LogP contribution >= 0.6 is 27.5 Å². The summed E-state index contributed by atoms with van der Waals surface area (Å²) in [6.07, 6.45) is 0. The Morgan fingerprint density at radius 1 is 1.20 bits per heavy atom. The molecule has 0 amide bonds. The van der Waals surface area contributed by atoms with Crippen molar-refractivity contribution in [2.75, 3.05) is 0 Å². The summed E-state index contributed by atoms with van der Waals surface area (Å²) in [5.74, 6) is 1.91. The molecule has 20 heavy (non-hydrogen) atoms. The van der Waals surface area contributed by atoms with Crippen molar-refractivity contribution in [3.8, 4) is 11.5 Å². The molecule has 0 radical (unpaired) electrons. The van der Waals surface area contributed by atoms with Gasteiger partial charge in [0.05, 0.1) is 0 Å². The molecule has 4 heteroatoms. The van der Waals surface area contributed by atoms with Gasteiger partial charge in [-0.15, -0.1) is 0 Å². The quantitative estimate of drug-likeness (QED) is 0.789. The zero-order valence-electron chi connectivity index (χ0n) is 11.5. The lowest BCUT2D eigenvalue weighted by atomic mass is 10.0. The lowest BCUT2D eigenvalue weighted by molar-refractivity contribution is 0.467. The van der Waals surface area contributed by atoms with Gasteiger partial charge in [0.15, 0.2) is 0 Å². The van der Waals surface area contributed by atoms with Gasteiger partial charge in [-0.2, -0.15) is 0 Å². The van der Waals surface area contributed by atoms with Crippen LogP contribution in [0.15, 0.2) is 40.9 Å². The van der Waals surface area contributed by atoms with E-state index in [2.05, 4.69) is 35.8 Å². The molecule has 0 fully saturated rings. The van der Waals surface area contributed by atoms with E-state index in [1.54, 1.807) is 0 Å². The average molecular weight is 355 g/mol. The molecule has 2 nitrogen and oxygen atoms in total. The van der Waals surface area contributed by atoms with Gasteiger partial charge < -0.3 is 10.5 Å². The second-order valence-corrected chi connectivity index (χ2v) is 6.18. The van der Waals surface area contributed by atoms with Gasteiger partial charge in [0.2, 0.25) is 0 Å². The Hall–Kier alpha value is -1.03. The number of nitrogens with two attached hydrogens (primary N) is 1. The van der Waals surface area contributed by atoms with E-state index in [0.717, 1.165) is 21.3 Å². The molecule has 0 saturated carbocycles. The van der Waals surface area contributed by atoms with Crippen molar-refractivity contribution in [3.63, 3.8) is 0 Å². The third-order valence-corrected chi connectivity index (χ3v) is 3.94. The summed E-state index contributed by atoms with van der Waals surface area (Å²) in [5, 5.41) is 0.633. The summed E-state index contributed by atoms with van der Waals surface area (Å²) in [5.41, 5.74) is 7.72. The maximum Gasteiger partial charge on any atom is 0.133 e. The molecular weight excluding hydrogens is 338 g/mol. The fourth-order valence-corrected chi connectivity index (χ4v) is 2.64. The Kier molecular flexibility index (Phi) is 5.08. The number of ether oxygens (including phenoxy) is 1. The van der Waals surface area contributed by atoms with Crippen LogP contribution in [0.2, 0.25) is 5.02 Å². The lowest BCUT2D eigenvalue weighted by Gasteiger charge is -2.16. The average Bonchev–Trinajstić information content (AvgIpc) is 2.41. The van der Waals surface area contributed by atoms with E-state index in [1.807, 2.05) is 30.3 Å². The van der Waals surface area contributed by atoms with Crippen LogP contribution < -0.4 is 10.5 Å². The standard InChI is InChI=1S/C16H17BrClNO/c1-10(2)12-8-11(17)6-7-16(12)20-15-5-3-4-14(18)13(15)9-19/h3-8,10H,9,19H2,1-2H3. The zero-order valence-corrected chi connectivity index (χ0v) is 13.8. The fourth-order valence-electron chi connectivity index (χ4n) is 2.01. The van der Waals surface area contributed by atoms with Crippen LogP contribution in [0.1, 0.15) is 30.9 Å². The topological polar surface area (TPSA) is 35.2 Å². The van der Waals surface area contributed by atoms with Crippen LogP contribution in [0, 0.1) is 0 Å². The van der Waals surface area contributed by atoms with E-state index in [0.29, 0.717) is 23.2 Å². The summed E-state index contributed by atoms with van der Waals surface area (Å²) < 4.78 is 7.08. The van der Waals surface area contributed by atoms with Gasteiger partial charge in [-0.1, -0.05) is 47.4 Å². The molecule has 2 rings (SSSR count). The van der Waals surface area contributed by atoms with Gasteiger partial charge in [-0.25, -0.2) is 0 Å². The first-order valence-electron chi connectivity index (χ1n) is 6.47. The van der Waals surface area contributed by atoms with Gasteiger partial charge >= 0.3 is 0 Å². The number of hydrogen-bond acceptors (Lipinski definition) is 2. The second-order valence-electron chi connectivity index (χ2n) is 4.86. The Morgan fingerprint density at radius 2 is 1.95 bits per heavy atom. The second kappa shape index (κ2) is 6.61. The van der Waals surface area contributed by atoms with Crippen molar-refractivity contribution >= 4 is 27.5 Å². The van der Waals surface area contributed by atoms with Crippen molar-refractivity contribution in [2.45, 2.75) is 26.3 Å². The number of benzene rings is 2. The molecule has 0 aliphatic heterocycles. The predicted octanol–water partition coefficient (Wildman–Crippen LogP) is 5.48. The largest absolute Gasteiger partial charge is 0.457 e. The first-order chi connectivity index (χ1) is 9.52. The maximum absolute atomic E-state index is 6.16. The smallest absolute Gasteiger partial charge is 0.133 e. The fraction of sp³-hybridized carbons (Fsp3) is 0.250. The van der Waals surface area contributed by atoms with Gasteiger partial charge in [0.25, 0.3) is 0 Å². The monoisotopic (exact) mass is 353 g/mol. The van der Waals surface area contributed by atoms with Gasteiger partial charge in [0, 0.05) is 21.6 Å². The van der Waals surface area contributed by atoms with E-state index in [4.69, 9.17) is 22.1 Å². The van der Waals surface area contributed by atoms with Gasteiger partial charge in [0.1, 0.15) is 11.5 Å². The van der Waals surface area contributed by atoms with E-state index in [1.165, 1.54) is 0 Å².